The summed E-state index contributed by atoms with van der Waals surface area (Å²) < 4.78 is 0. The van der Waals surface area contributed by atoms with Gasteiger partial charge in [-0.25, -0.2) is 0 Å². The van der Waals surface area contributed by atoms with Gasteiger partial charge in [0.25, 0.3) is 0 Å². The van der Waals surface area contributed by atoms with Gasteiger partial charge in [-0.1, -0.05) is 27.7 Å². The molecule has 0 radical (unpaired) electrons. The van der Waals surface area contributed by atoms with Crippen molar-refractivity contribution in [3.8, 4) is 0 Å². The zero-order valence-electron chi connectivity index (χ0n) is 13.6. The molecule has 19 heavy (non-hydrogen) atoms. The number of hydrogen-bond acceptors (Lipinski definition) is 2. The second-order valence-electron chi connectivity index (χ2n) is 7.80. The van der Waals surface area contributed by atoms with Gasteiger partial charge < -0.3 is 5.73 Å². The molecule has 2 rings (SSSR count). The van der Waals surface area contributed by atoms with Crippen LogP contribution in [0.5, 0.6) is 0 Å². The molecule has 2 N–H and O–H groups in total. The molecule has 6 atom stereocenters. The molecule has 1 aliphatic heterocycles. The summed E-state index contributed by atoms with van der Waals surface area (Å²) in [6.45, 7) is 13.3. The molecule has 1 saturated carbocycles. The van der Waals surface area contributed by atoms with Crippen LogP contribution in [0, 0.1) is 23.7 Å². The van der Waals surface area contributed by atoms with Crippen molar-refractivity contribution in [1.82, 2.24) is 4.90 Å². The van der Waals surface area contributed by atoms with Gasteiger partial charge in [-0.15, -0.1) is 0 Å². The second kappa shape index (κ2) is 6.13. The van der Waals surface area contributed by atoms with Crippen LogP contribution in [0.15, 0.2) is 0 Å². The molecule has 0 aromatic carbocycles. The maximum Gasteiger partial charge on any atom is 0.0252 e. The van der Waals surface area contributed by atoms with E-state index in [1.807, 2.05) is 0 Å². The van der Waals surface area contributed by atoms with E-state index < -0.39 is 0 Å². The average molecular weight is 266 g/mol. The Morgan fingerprint density at radius 1 is 1.05 bits per heavy atom. The van der Waals surface area contributed by atoms with Crippen LogP contribution in [0.4, 0.5) is 0 Å². The molecule has 1 saturated heterocycles. The molecule has 2 heteroatoms. The van der Waals surface area contributed by atoms with E-state index in [1.54, 1.807) is 0 Å². The largest absolute Gasteiger partial charge is 0.326 e. The molecular weight excluding hydrogens is 232 g/mol. The maximum absolute atomic E-state index is 6.48. The standard InChI is InChI=1S/C17H34N2/c1-11(2)15-6-7-16(18)17(9-15)19-10-12(3)8-13(4)14(19)5/h11-17H,6-10,18H2,1-5H3. The first-order valence-electron chi connectivity index (χ1n) is 8.41. The zero-order valence-corrected chi connectivity index (χ0v) is 13.6. The van der Waals surface area contributed by atoms with Gasteiger partial charge in [0, 0.05) is 24.7 Å². The Balaban J connectivity index is 2.08. The predicted molar refractivity (Wildman–Crippen MR) is 83.1 cm³/mol. The molecule has 0 amide bonds. The van der Waals surface area contributed by atoms with E-state index in [0.717, 1.165) is 23.7 Å². The van der Waals surface area contributed by atoms with Crippen molar-refractivity contribution < 1.29 is 0 Å². The first-order valence-corrected chi connectivity index (χ1v) is 8.41. The molecule has 2 fully saturated rings. The highest BCUT2D eigenvalue weighted by Crippen LogP contribution is 2.36. The highest BCUT2D eigenvalue weighted by atomic mass is 15.2. The lowest BCUT2D eigenvalue weighted by Crippen LogP contribution is -2.58. The van der Waals surface area contributed by atoms with Crippen molar-refractivity contribution >= 4 is 0 Å². The normalized spacial score (nSPS) is 45.6. The minimum Gasteiger partial charge on any atom is -0.326 e. The Labute approximate surface area is 120 Å². The van der Waals surface area contributed by atoms with Gasteiger partial charge in [-0.05, 0) is 56.3 Å². The quantitative estimate of drug-likeness (QED) is 0.829. The number of hydrogen-bond donors (Lipinski definition) is 1. The van der Waals surface area contributed by atoms with Gasteiger partial charge in [0.1, 0.15) is 0 Å². The number of piperidine rings is 1. The third-order valence-corrected chi connectivity index (χ3v) is 5.92. The molecule has 0 bridgehead atoms. The Morgan fingerprint density at radius 3 is 2.37 bits per heavy atom. The fraction of sp³-hybridized carbons (Fsp3) is 1.00. The van der Waals surface area contributed by atoms with Gasteiger partial charge in [0.2, 0.25) is 0 Å². The van der Waals surface area contributed by atoms with E-state index in [4.69, 9.17) is 5.73 Å². The Morgan fingerprint density at radius 2 is 1.74 bits per heavy atom. The maximum atomic E-state index is 6.48. The Kier molecular flexibility index (Phi) is 4.94. The molecule has 1 aliphatic carbocycles. The van der Waals surface area contributed by atoms with E-state index in [9.17, 15) is 0 Å². The third-order valence-electron chi connectivity index (χ3n) is 5.92. The van der Waals surface area contributed by atoms with Gasteiger partial charge in [-0.3, -0.25) is 4.90 Å². The second-order valence-corrected chi connectivity index (χ2v) is 7.80. The van der Waals surface area contributed by atoms with E-state index in [0.29, 0.717) is 18.1 Å². The third kappa shape index (κ3) is 3.33. The molecule has 112 valence electrons. The summed E-state index contributed by atoms with van der Waals surface area (Å²) in [5.74, 6) is 3.34. The fourth-order valence-electron chi connectivity index (χ4n) is 4.39. The van der Waals surface area contributed by atoms with Crippen molar-refractivity contribution in [3.05, 3.63) is 0 Å². The van der Waals surface area contributed by atoms with Gasteiger partial charge in [0.05, 0.1) is 0 Å². The summed E-state index contributed by atoms with van der Waals surface area (Å²) in [7, 11) is 0. The molecule has 2 nitrogen and oxygen atoms in total. The highest BCUT2D eigenvalue weighted by Gasteiger charge is 2.39. The lowest BCUT2D eigenvalue weighted by Gasteiger charge is -2.50. The molecular formula is C17H34N2. The van der Waals surface area contributed by atoms with E-state index in [1.165, 1.54) is 32.2 Å². The molecule has 6 unspecified atom stereocenters. The molecule has 0 aromatic rings. The lowest BCUT2D eigenvalue weighted by atomic mass is 9.74. The minimum atomic E-state index is 0.398. The van der Waals surface area contributed by atoms with Crippen LogP contribution in [-0.4, -0.2) is 29.6 Å². The molecule has 1 heterocycles. The summed E-state index contributed by atoms with van der Waals surface area (Å²) in [6.07, 6.45) is 5.26. The van der Waals surface area contributed by atoms with Crippen LogP contribution in [0.25, 0.3) is 0 Å². The topological polar surface area (TPSA) is 29.3 Å². The van der Waals surface area contributed by atoms with Crippen LogP contribution >= 0.6 is 0 Å². The number of nitrogens with zero attached hydrogens (tertiary/aromatic N) is 1. The molecule has 0 spiro atoms. The highest BCUT2D eigenvalue weighted by molar-refractivity contribution is 4.95. The molecule has 0 aromatic heterocycles. The summed E-state index contributed by atoms with van der Waals surface area (Å²) >= 11 is 0. The first-order chi connectivity index (χ1) is 8.90. The van der Waals surface area contributed by atoms with Crippen LogP contribution in [0.3, 0.4) is 0 Å². The van der Waals surface area contributed by atoms with Crippen molar-refractivity contribution in [2.45, 2.75) is 78.4 Å². The Hall–Kier alpha value is -0.0800. The minimum absolute atomic E-state index is 0.398. The summed E-state index contributed by atoms with van der Waals surface area (Å²) in [6, 6.07) is 1.73. The van der Waals surface area contributed by atoms with E-state index >= 15 is 0 Å². The number of nitrogens with two attached hydrogens (primary N) is 1. The smallest absolute Gasteiger partial charge is 0.0252 e. The summed E-state index contributed by atoms with van der Waals surface area (Å²) in [5, 5.41) is 0. The fourth-order valence-corrected chi connectivity index (χ4v) is 4.39. The number of rotatable bonds is 2. The van der Waals surface area contributed by atoms with Crippen LogP contribution in [-0.2, 0) is 0 Å². The summed E-state index contributed by atoms with van der Waals surface area (Å²) in [5.41, 5.74) is 6.48. The van der Waals surface area contributed by atoms with E-state index in [-0.39, 0.29) is 0 Å². The van der Waals surface area contributed by atoms with Crippen LogP contribution < -0.4 is 5.73 Å². The van der Waals surface area contributed by atoms with Crippen molar-refractivity contribution in [1.29, 1.82) is 0 Å². The zero-order chi connectivity index (χ0) is 14.2. The Bertz CT molecular complexity index is 289. The monoisotopic (exact) mass is 266 g/mol. The van der Waals surface area contributed by atoms with Gasteiger partial charge >= 0.3 is 0 Å². The first kappa shape index (κ1) is 15.3. The predicted octanol–water partition coefficient (Wildman–Crippen LogP) is 3.50. The van der Waals surface area contributed by atoms with Crippen molar-refractivity contribution in [2.24, 2.45) is 29.4 Å². The van der Waals surface area contributed by atoms with E-state index in [2.05, 4.69) is 39.5 Å². The van der Waals surface area contributed by atoms with Crippen LogP contribution in [0.2, 0.25) is 0 Å². The summed E-state index contributed by atoms with van der Waals surface area (Å²) in [4.78, 5) is 2.76. The van der Waals surface area contributed by atoms with Crippen molar-refractivity contribution in [2.75, 3.05) is 6.54 Å². The van der Waals surface area contributed by atoms with Gasteiger partial charge in [-0.2, -0.15) is 0 Å². The van der Waals surface area contributed by atoms with Crippen LogP contribution in [0.1, 0.15) is 60.3 Å². The lowest BCUT2D eigenvalue weighted by molar-refractivity contribution is 0.00294. The van der Waals surface area contributed by atoms with Gasteiger partial charge in [0.15, 0.2) is 0 Å². The number of likely N-dealkylation sites (tertiary alicyclic amines) is 1. The van der Waals surface area contributed by atoms with Crippen molar-refractivity contribution in [3.63, 3.8) is 0 Å². The average Bonchev–Trinajstić information content (AvgIpc) is 2.34. The molecule has 2 aliphatic rings. The SMILES string of the molecule is CC1CC(C)C(C)N(C2CC(C(C)C)CCC2N)C1.